The van der Waals surface area contributed by atoms with Crippen LogP contribution >= 0.6 is 0 Å². The number of halogens is 1. The van der Waals surface area contributed by atoms with E-state index in [1.54, 1.807) is 12.4 Å². The molecule has 0 amide bonds. The van der Waals surface area contributed by atoms with Crippen LogP contribution in [0.25, 0.3) is 0 Å². The molecular weight excluding hydrogens is 153 g/mol. The Hall–Kier alpha value is -0.920. The van der Waals surface area contributed by atoms with Crippen LogP contribution < -0.4 is 0 Å². The Morgan fingerprint density at radius 3 is 2.50 bits per heavy atom. The van der Waals surface area contributed by atoms with E-state index < -0.39 is 6.67 Å². The third-order valence-electron chi connectivity index (χ3n) is 1.86. The average Bonchev–Trinajstić information content (AvgIpc) is 2.03. The average molecular weight is 167 g/mol. The van der Waals surface area contributed by atoms with E-state index in [2.05, 4.69) is 25.8 Å². The van der Waals surface area contributed by atoms with Crippen LogP contribution in [0.15, 0.2) is 18.5 Å². The summed E-state index contributed by atoms with van der Waals surface area (Å²) in [5.41, 5.74) is 1.75. The van der Waals surface area contributed by atoms with Gasteiger partial charge in [-0.1, -0.05) is 20.8 Å². The van der Waals surface area contributed by atoms with Crippen LogP contribution in [0.4, 0.5) is 4.39 Å². The zero-order chi connectivity index (χ0) is 9.19. The zero-order valence-electron chi connectivity index (χ0n) is 7.76. The van der Waals surface area contributed by atoms with Crippen molar-refractivity contribution in [2.45, 2.75) is 32.9 Å². The molecule has 12 heavy (non-hydrogen) atoms. The SMILES string of the molecule is CC(C)(C)c1ccncc1CF. The number of hydrogen-bond acceptors (Lipinski definition) is 1. The Kier molecular flexibility index (Phi) is 2.46. The Balaban J connectivity index is 3.14. The summed E-state index contributed by atoms with van der Waals surface area (Å²) in [5.74, 6) is 0. The van der Waals surface area contributed by atoms with Gasteiger partial charge in [0.25, 0.3) is 0 Å². The maximum Gasteiger partial charge on any atom is 0.116 e. The standard InChI is InChI=1S/C10H14FN/c1-10(2,3)9-4-5-12-7-8(9)6-11/h4-5,7H,6H2,1-3H3. The molecule has 0 aliphatic rings. The molecule has 0 N–H and O–H groups in total. The number of nitrogens with zero attached hydrogens (tertiary/aromatic N) is 1. The summed E-state index contributed by atoms with van der Waals surface area (Å²) in [5, 5.41) is 0. The van der Waals surface area contributed by atoms with Gasteiger partial charge in [0.1, 0.15) is 6.67 Å². The van der Waals surface area contributed by atoms with Crippen molar-refractivity contribution in [1.29, 1.82) is 0 Å². The first-order chi connectivity index (χ1) is 5.55. The van der Waals surface area contributed by atoms with Crippen molar-refractivity contribution in [2.75, 3.05) is 0 Å². The number of pyridine rings is 1. The smallest absolute Gasteiger partial charge is 0.116 e. The molecule has 0 fully saturated rings. The molecule has 66 valence electrons. The second kappa shape index (κ2) is 3.21. The van der Waals surface area contributed by atoms with E-state index in [9.17, 15) is 4.39 Å². The fraction of sp³-hybridized carbons (Fsp3) is 0.500. The molecule has 0 saturated carbocycles. The van der Waals surface area contributed by atoms with Crippen LogP contribution in [0.2, 0.25) is 0 Å². The third kappa shape index (κ3) is 1.81. The molecule has 1 aromatic heterocycles. The highest BCUT2D eigenvalue weighted by atomic mass is 19.1. The van der Waals surface area contributed by atoms with Crippen molar-refractivity contribution in [3.05, 3.63) is 29.6 Å². The largest absolute Gasteiger partial charge is 0.264 e. The highest BCUT2D eigenvalue weighted by Crippen LogP contribution is 2.25. The van der Waals surface area contributed by atoms with Gasteiger partial charge in [0.2, 0.25) is 0 Å². The molecule has 0 atom stereocenters. The van der Waals surface area contributed by atoms with E-state index in [0.29, 0.717) is 5.56 Å². The molecule has 0 bridgehead atoms. The van der Waals surface area contributed by atoms with E-state index in [4.69, 9.17) is 0 Å². The summed E-state index contributed by atoms with van der Waals surface area (Å²) in [6.45, 7) is 5.78. The maximum absolute atomic E-state index is 12.5. The van der Waals surface area contributed by atoms with Crippen molar-refractivity contribution >= 4 is 0 Å². The van der Waals surface area contributed by atoms with Gasteiger partial charge in [0.15, 0.2) is 0 Å². The number of alkyl halides is 1. The Bertz CT molecular complexity index is 263. The van der Waals surface area contributed by atoms with Gasteiger partial charge in [0, 0.05) is 18.0 Å². The summed E-state index contributed by atoms with van der Waals surface area (Å²) in [6, 6.07) is 1.88. The highest BCUT2D eigenvalue weighted by molar-refractivity contribution is 5.29. The molecule has 0 unspecified atom stereocenters. The zero-order valence-corrected chi connectivity index (χ0v) is 7.76. The van der Waals surface area contributed by atoms with Gasteiger partial charge in [0.05, 0.1) is 0 Å². The molecule has 0 radical (unpaired) electrons. The first-order valence-corrected chi connectivity index (χ1v) is 4.05. The number of rotatable bonds is 1. The van der Waals surface area contributed by atoms with Gasteiger partial charge in [-0.3, -0.25) is 4.98 Å². The van der Waals surface area contributed by atoms with Gasteiger partial charge < -0.3 is 0 Å². The second-order valence-electron chi connectivity index (χ2n) is 3.92. The maximum atomic E-state index is 12.5. The van der Waals surface area contributed by atoms with Crippen molar-refractivity contribution in [2.24, 2.45) is 0 Å². The number of hydrogen-bond donors (Lipinski definition) is 0. The quantitative estimate of drug-likeness (QED) is 0.626. The van der Waals surface area contributed by atoms with Crippen LogP contribution in [0, 0.1) is 0 Å². The molecule has 0 aromatic carbocycles. The van der Waals surface area contributed by atoms with Gasteiger partial charge >= 0.3 is 0 Å². The van der Waals surface area contributed by atoms with Crippen molar-refractivity contribution in [1.82, 2.24) is 4.98 Å². The lowest BCUT2D eigenvalue weighted by atomic mass is 9.85. The minimum absolute atomic E-state index is 0.00433. The predicted octanol–water partition coefficient (Wildman–Crippen LogP) is 2.85. The van der Waals surface area contributed by atoms with Gasteiger partial charge in [-0.15, -0.1) is 0 Å². The molecule has 0 spiro atoms. The van der Waals surface area contributed by atoms with Crippen molar-refractivity contribution < 1.29 is 4.39 Å². The summed E-state index contributed by atoms with van der Waals surface area (Å²) in [6.07, 6.45) is 3.31. The van der Waals surface area contributed by atoms with Crippen LogP contribution in [-0.4, -0.2) is 4.98 Å². The van der Waals surface area contributed by atoms with Crippen LogP contribution in [-0.2, 0) is 12.1 Å². The first kappa shape index (κ1) is 9.17. The van der Waals surface area contributed by atoms with Crippen molar-refractivity contribution in [3.63, 3.8) is 0 Å². The summed E-state index contributed by atoms with van der Waals surface area (Å²) < 4.78 is 12.5. The highest BCUT2D eigenvalue weighted by Gasteiger charge is 2.16. The summed E-state index contributed by atoms with van der Waals surface area (Å²) >= 11 is 0. The molecule has 1 rings (SSSR count). The van der Waals surface area contributed by atoms with Gasteiger partial charge in [-0.25, -0.2) is 4.39 Å². The van der Waals surface area contributed by atoms with Crippen LogP contribution in [0.3, 0.4) is 0 Å². The van der Waals surface area contributed by atoms with E-state index in [0.717, 1.165) is 5.56 Å². The predicted molar refractivity (Wildman–Crippen MR) is 47.7 cm³/mol. The Labute approximate surface area is 72.6 Å². The monoisotopic (exact) mass is 167 g/mol. The molecular formula is C10H14FN. The van der Waals surface area contributed by atoms with Crippen molar-refractivity contribution in [3.8, 4) is 0 Å². The first-order valence-electron chi connectivity index (χ1n) is 4.05. The van der Waals surface area contributed by atoms with Crippen LogP contribution in [0.1, 0.15) is 31.9 Å². The topological polar surface area (TPSA) is 12.9 Å². The second-order valence-corrected chi connectivity index (χ2v) is 3.92. The lowest BCUT2D eigenvalue weighted by Gasteiger charge is -2.21. The molecule has 1 nitrogen and oxygen atoms in total. The summed E-state index contributed by atoms with van der Waals surface area (Å²) in [7, 11) is 0. The lowest BCUT2D eigenvalue weighted by molar-refractivity contribution is 0.469. The van der Waals surface area contributed by atoms with Gasteiger partial charge in [-0.05, 0) is 17.0 Å². The Morgan fingerprint density at radius 2 is 2.08 bits per heavy atom. The van der Waals surface area contributed by atoms with Gasteiger partial charge in [-0.2, -0.15) is 0 Å². The molecule has 0 saturated heterocycles. The van der Waals surface area contributed by atoms with E-state index in [-0.39, 0.29) is 5.41 Å². The molecule has 0 aliphatic carbocycles. The Morgan fingerprint density at radius 1 is 1.42 bits per heavy atom. The summed E-state index contributed by atoms with van der Waals surface area (Å²) in [4.78, 5) is 3.89. The number of aromatic nitrogens is 1. The third-order valence-corrected chi connectivity index (χ3v) is 1.86. The minimum atomic E-state index is -0.430. The molecule has 1 heterocycles. The lowest BCUT2D eigenvalue weighted by Crippen LogP contribution is -2.13. The fourth-order valence-corrected chi connectivity index (χ4v) is 1.27. The van der Waals surface area contributed by atoms with E-state index in [1.807, 2.05) is 6.07 Å². The minimum Gasteiger partial charge on any atom is -0.264 e. The fourth-order valence-electron chi connectivity index (χ4n) is 1.27. The molecule has 2 heteroatoms. The van der Waals surface area contributed by atoms with E-state index >= 15 is 0 Å². The molecule has 0 aliphatic heterocycles. The normalized spacial score (nSPS) is 11.7. The van der Waals surface area contributed by atoms with Crippen LogP contribution in [0.5, 0.6) is 0 Å². The molecule has 1 aromatic rings. The van der Waals surface area contributed by atoms with E-state index in [1.165, 1.54) is 0 Å².